The van der Waals surface area contributed by atoms with Crippen molar-refractivity contribution >= 4 is 17.7 Å². The zero-order chi connectivity index (χ0) is 19.6. The van der Waals surface area contributed by atoms with Gasteiger partial charge in [0.2, 0.25) is 5.78 Å². The zero-order valence-corrected chi connectivity index (χ0v) is 14.3. The molecule has 0 amide bonds. The smallest absolute Gasteiger partial charge is 0.332 e. The van der Waals surface area contributed by atoms with Crippen molar-refractivity contribution in [2.75, 3.05) is 12.8 Å². The van der Waals surface area contributed by atoms with Crippen LogP contribution >= 0.6 is 0 Å². The van der Waals surface area contributed by atoms with Gasteiger partial charge in [0.25, 0.3) is 5.56 Å². The minimum absolute atomic E-state index is 0.177. The average Bonchev–Trinajstić information content (AvgIpc) is 2.63. The van der Waals surface area contributed by atoms with Gasteiger partial charge in [-0.2, -0.15) is 5.26 Å². The number of hydrogen-bond acceptors (Lipinski definition) is 7. The number of anilines is 1. The number of nitrogens with zero attached hydrogens (tertiary/aromatic N) is 3. The van der Waals surface area contributed by atoms with Crippen LogP contribution in [0.5, 0.6) is 11.5 Å². The van der Waals surface area contributed by atoms with Crippen molar-refractivity contribution in [3.05, 3.63) is 55.7 Å². The van der Waals surface area contributed by atoms with Crippen LogP contribution in [0.1, 0.15) is 15.9 Å². The summed E-state index contributed by atoms with van der Waals surface area (Å²) >= 11 is 0. The molecule has 2 rings (SSSR count). The van der Waals surface area contributed by atoms with Crippen LogP contribution in [0.15, 0.2) is 33.4 Å². The molecule has 0 unspecified atom stereocenters. The third kappa shape index (κ3) is 3.08. The van der Waals surface area contributed by atoms with Gasteiger partial charge in [0.05, 0.1) is 7.11 Å². The number of Topliss-reactive ketones (excluding diaryl/α,β-unsaturated/α-hetero) is 1. The number of aromatic nitrogens is 2. The van der Waals surface area contributed by atoms with Crippen LogP contribution in [-0.4, -0.2) is 27.1 Å². The largest absolute Gasteiger partial charge is 0.504 e. The lowest BCUT2D eigenvalue weighted by atomic mass is 10.0. The molecule has 26 heavy (non-hydrogen) atoms. The second-order valence-electron chi connectivity index (χ2n) is 5.40. The molecule has 0 bridgehead atoms. The fraction of sp³-hybridized carbons (Fsp3) is 0.176. The zero-order valence-electron chi connectivity index (χ0n) is 14.3. The number of aromatic hydroxyl groups is 1. The molecule has 0 atom stereocenters. The van der Waals surface area contributed by atoms with Crippen LogP contribution in [0.2, 0.25) is 0 Å². The summed E-state index contributed by atoms with van der Waals surface area (Å²) in [5.41, 5.74) is 3.65. The lowest BCUT2D eigenvalue weighted by Crippen LogP contribution is -2.41. The van der Waals surface area contributed by atoms with E-state index in [4.69, 9.17) is 10.5 Å². The van der Waals surface area contributed by atoms with Crippen molar-refractivity contribution in [1.82, 2.24) is 9.13 Å². The molecule has 0 aliphatic rings. The van der Waals surface area contributed by atoms with Crippen molar-refractivity contribution in [1.29, 1.82) is 5.26 Å². The summed E-state index contributed by atoms with van der Waals surface area (Å²) in [6.45, 7) is 0. The molecule has 0 aliphatic heterocycles. The van der Waals surface area contributed by atoms with E-state index < -0.39 is 22.6 Å². The van der Waals surface area contributed by atoms with E-state index in [9.17, 15) is 24.8 Å². The van der Waals surface area contributed by atoms with Crippen molar-refractivity contribution in [2.24, 2.45) is 14.1 Å². The van der Waals surface area contributed by atoms with Crippen molar-refractivity contribution in [3.8, 4) is 17.6 Å². The van der Waals surface area contributed by atoms with Crippen LogP contribution in [0.4, 0.5) is 5.82 Å². The Morgan fingerprint density at radius 3 is 2.50 bits per heavy atom. The molecule has 134 valence electrons. The molecule has 9 nitrogen and oxygen atoms in total. The number of benzene rings is 1. The van der Waals surface area contributed by atoms with Gasteiger partial charge in [0.1, 0.15) is 23.0 Å². The van der Waals surface area contributed by atoms with Gasteiger partial charge in [0.15, 0.2) is 11.5 Å². The van der Waals surface area contributed by atoms with Crippen LogP contribution in [-0.2, 0) is 14.1 Å². The van der Waals surface area contributed by atoms with E-state index in [1.165, 1.54) is 45.5 Å². The van der Waals surface area contributed by atoms with E-state index >= 15 is 0 Å². The van der Waals surface area contributed by atoms with Crippen LogP contribution in [0.25, 0.3) is 6.08 Å². The summed E-state index contributed by atoms with van der Waals surface area (Å²) in [6.07, 6.45) is 1.20. The minimum Gasteiger partial charge on any atom is -0.504 e. The van der Waals surface area contributed by atoms with E-state index in [1.807, 2.05) is 0 Å². The molecule has 0 saturated carbocycles. The van der Waals surface area contributed by atoms with E-state index in [2.05, 4.69) is 0 Å². The summed E-state index contributed by atoms with van der Waals surface area (Å²) < 4.78 is 6.60. The summed E-state index contributed by atoms with van der Waals surface area (Å²) in [4.78, 5) is 36.8. The Balaban J connectivity index is 2.62. The number of phenols is 1. The van der Waals surface area contributed by atoms with Gasteiger partial charge in [-0.05, 0) is 23.8 Å². The molecule has 1 heterocycles. The third-order valence-corrected chi connectivity index (χ3v) is 3.82. The average molecular weight is 356 g/mol. The van der Waals surface area contributed by atoms with Gasteiger partial charge in [-0.3, -0.25) is 18.7 Å². The maximum Gasteiger partial charge on any atom is 0.332 e. The highest BCUT2D eigenvalue weighted by atomic mass is 16.5. The number of ketones is 1. The van der Waals surface area contributed by atoms with Crippen LogP contribution in [0, 0.1) is 11.3 Å². The number of nitrogen functional groups attached to an aromatic ring is 1. The molecule has 1 aromatic heterocycles. The van der Waals surface area contributed by atoms with Crippen molar-refractivity contribution in [2.45, 2.75) is 0 Å². The Labute approximate surface area is 147 Å². The first-order valence-corrected chi connectivity index (χ1v) is 7.31. The Hall–Kier alpha value is -3.80. The number of rotatable bonds is 4. The van der Waals surface area contributed by atoms with Gasteiger partial charge in [-0.1, -0.05) is 6.07 Å². The monoisotopic (exact) mass is 356 g/mol. The van der Waals surface area contributed by atoms with E-state index in [0.29, 0.717) is 5.56 Å². The van der Waals surface area contributed by atoms with Gasteiger partial charge < -0.3 is 15.6 Å². The number of allylic oxidation sites excluding steroid dienone is 1. The van der Waals surface area contributed by atoms with Crippen molar-refractivity contribution < 1.29 is 14.6 Å². The van der Waals surface area contributed by atoms with Gasteiger partial charge >= 0.3 is 5.69 Å². The topological polar surface area (TPSA) is 140 Å². The standard InChI is InChI=1S/C17H16N4O5/c1-20-15(19)13(16(24)21(2)17(20)25)14(23)10(8-18)6-9-4-5-12(26-3)11(22)7-9/h4-7,22H,19H2,1-3H3/b10-6+. The Bertz CT molecular complexity index is 1090. The molecule has 0 spiro atoms. The number of ether oxygens (including phenoxy) is 1. The maximum atomic E-state index is 12.7. The molecule has 3 N–H and O–H groups in total. The molecule has 2 aromatic rings. The minimum atomic E-state index is -0.920. The highest BCUT2D eigenvalue weighted by Gasteiger charge is 2.23. The first kappa shape index (κ1) is 18.5. The van der Waals surface area contributed by atoms with Crippen LogP contribution in [0.3, 0.4) is 0 Å². The van der Waals surface area contributed by atoms with Crippen LogP contribution < -0.4 is 21.7 Å². The van der Waals surface area contributed by atoms with E-state index in [-0.39, 0.29) is 22.9 Å². The lowest BCUT2D eigenvalue weighted by Gasteiger charge is -2.10. The quantitative estimate of drug-likeness (QED) is 0.452. The first-order valence-electron chi connectivity index (χ1n) is 7.31. The molecule has 9 heteroatoms. The number of methoxy groups -OCH3 is 1. The third-order valence-electron chi connectivity index (χ3n) is 3.82. The number of hydrogen-bond donors (Lipinski definition) is 2. The molecule has 0 fully saturated rings. The number of nitriles is 1. The number of carbonyl (C=O) groups is 1. The fourth-order valence-corrected chi connectivity index (χ4v) is 2.32. The SMILES string of the molecule is COc1ccc(/C=C(\C#N)C(=O)c2c(N)n(C)c(=O)n(C)c2=O)cc1O. The van der Waals surface area contributed by atoms with E-state index in [1.54, 1.807) is 6.07 Å². The molecule has 0 aliphatic carbocycles. The molecular formula is C17H16N4O5. The second kappa shape index (κ2) is 6.98. The molecular weight excluding hydrogens is 340 g/mol. The van der Waals surface area contributed by atoms with Gasteiger partial charge in [-0.25, -0.2) is 4.79 Å². The number of phenolic OH excluding ortho intramolecular Hbond substituents is 1. The van der Waals surface area contributed by atoms with Crippen molar-refractivity contribution in [3.63, 3.8) is 0 Å². The Kier molecular flexibility index (Phi) is 4.98. The number of nitrogens with two attached hydrogens (primary N) is 1. The van der Waals surface area contributed by atoms with Gasteiger partial charge in [0, 0.05) is 14.1 Å². The number of carbonyl (C=O) groups excluding carboxylic acids is 1. The first-order chi connectivity index (χ1) is 12.2. The van der Waals surface area contributed by atoms with E-state index in [0.717, 1.165) is 9.13 Å². The normalized spacial score (nSPS) is 11.1. The second-order valence-corrected chi connectivity index (χ2v) is 5.40. The fourth-order valence-electron chi connectivity index (χ4n) is 2.32. The highest BCUT2D eigenvalue weighted by Crippen LogP contribution is 2.27. The maximum absolute atomic E-state index is 12.7. The summed E-state index contributed by atoms with van der Waals surface area (Å²) in [5, 5.41) is 19.1. The Morgan fingerprint density at radius 2 is 1.96 bits per heavy atom. The summed E-state index contributed by atoms with van der Waals surface area (Å²) in [7, 11) is 3.90. The predicted octanol–water partition coefficient (Wildman–Crippen LogP) is 0.170. The molecule has 0 saturated heterocycles. The van der Waals surface area contributed by atoms with Gasteiger partial charge in [-0.15, -0.1) is 0 Å². The Morgan fingerprint density at radius 1 is 1.31 bits per heavy atom. The molecule has 1 aromatic carbocycles. The lowest BCUT2D eigenvalue weighted by molar-refractivity contribution is 0.103. The predicted molar refractivity (Wildman–Crippen MR) is 93.9 cm³/mol. The summed E-state index contributed by atoms with van der Waals surface area (Å²) in [5.74, 6) is -1.20. The molecule has 0 radical (unpaired) electrons. The highest BCUT2D eigenvalue weighted by molar-refractivity contribution is 6.16. The summed E-state index contributed by atoms with van der Waals surface area (Å²) in [6, 6.07) is 5.99.